The molecule has 1 fully saturated rings. The van der Waals surface area contributed by atoms with Crippen LogP contribution >= 0.6 is 0 Å². The smallest absolute Gasteiger partial charge is 0.126 e. The predicted molar refractivity (Wildman–Crippen MR) is 63.7 cm³/mol. The van der Waals surface area contributed by atoms with Crippen molar-refractivity contribution in [1.29, 1.82) is 0 Å². The van der Waals surface area contributed by atoms with E-state index in [1.54, 1.807) is 0 Å². The Hall–Kier alpha value is -1.00. The van der Waals surface area contributed by atoms with Gasteiger partial charge >= 0.3 is 0 Å². The van der Waals surface area contributed by atoms with Gasteiger partial charge in [0.2, 0.25) is 0 Å². The number of hydrogen-bond donors (Lipinski definition) is 1. The van der Waals surface area contributed by atoms with Crippen LogP contribution in [-0.2, 0) is 6.54 Å². The van der Waals surface area contributed by atoms with Crippen molar-refractivity contribution in [1.82, 2.24) is 10.2 Å². The van der Waals surface area contributed by atoms with Crippen LogP contribution in [0.3, 0.4) is 0 Å². The maximum atomic E-state index is 12.9. The van der Waals surface area contributed by atoms with Crippen molar-refractivity contribution in [2.24, 2.45) is 5.92 Å². The Morgan fingerprint density at radius 1 is 1.29 bits per heavy atom. The summed E-state index contributed by atoms with van der Waals surface area (Å²) in [6.07, 6.45) is 1.20. The van der Waals surface area contributed by atoms with Gasteiger partial charge in [-0.25, -0.2) is 8.78 Å². The topological polar surface area (TPSA) is 15.3 Å². The minimum absolute atomic E-state index is 0.512. The van der Waals surface area contributed by atoms with Gasteiger partial charge in [0.15, 0.2) is 0 Å². The molecule has 1 unspecified atom stereocenters. The summed E-state index contributed by atoms with van der Waals surface area (Å²) in [7, 11) is 2.11. The molecule has 94 valence electrons. The van der Waals surface area contributed by atoms with E-state index >= 15 is 0 Å². The molecular formula is C13H18F2N2. The van der Waals surface area contributed by atoms with Crippen molar-refractivity contribution < 1.29 is 8.78 Å². The van der Waals surface area contributed by atoms with Crippen molar-refractivity contribution in [3.8, 4) is 0 Å². The minimum atomic E-state index is -0.512. The van der Waals surface area contributed by atoms with Crippen molar-refractivity contribution in [3.63, 3.8) is 0 Å². The molecule has 4 heteroatoms. The fraction of sp³-hybridized carbons (Fsp3) is 0.538. The summed E-state index contributed by atoms with van der Waals surface area (Å²) in [6, 6.07) is 3.64. The molecular weight excluding hydrogens is 222 g/mol. The van der Waals surface area contributed by atoms with Crippen molar-refractivity contribution in [2.75, 3.05) is 26.7 Å². The lowest BCUT2D eigenvalue weighted by molar-refractivity contribution is 0.388. The number of nitrogens with zero attached hydrogens (tertiary/aromatic N) is 1. The highest BCUT2D eigenvalue weighted by atomic mass is 19.1. The summed E-state index contributed by atoms with van der Waals surface area (Å²) in [5.74, 6) is -0.372. The zero-order valence-corrected chi connectivity index (χ0v) is 10.0. The zero-order chi connectivity index (χ0) is 12.3. The zero-order valence-electron chi connectivity index (χ0n) is 10.0. The Bertz CT molecular complexity index is 361. The van der Waals surface area contributed by atoms with Gasteiger partial charge in [-0.15, -0.1) is 0 Å². The van der Waals surface area contributed by atoms with Crippen LogP contribution in [0.5, 0.6) is 0 Å². The second-order valence-corrected chi connectivity index (χ2v) is 4.83. The molecule has 1 aliphatic rings. The molecule has 0 saturated carbocycles. The van der Waals surface area contributed by atoms with Gasteiger partial charge in [0.25, 0.3) is 0 Å². The lowest BCUT2D eigenvalue weighted by Gasteiger charge is -2.11. The monoisotopic (exact) mass is 240 g/mol. The largest absolute Gasteiger partial charge is 0.312 e. The first-order valence-corrected chi connectivity index (χ1v) is 5.98. The maximum Gasteiger partial charge on any atom is 0.126 e. The van der Waals surface area contributed by atoms with Crippen LogP contribution in [0.1, 0.15) is 12.0 Å². The molecule has 0 aliphatic carbocycles. The third-order valence-electron chi connectivity index (χ3n) is 3.17. The molecule has 0 spiro atoms. The average Bonchev–Trinajstić information content (AvgIpc) is 2.63. The van der Waals surface area contributed by atoms with Crippen LogP contribution in [0.25, 0.3) is 0 Å². The molecule has 0 aromatic heterocycles. The standard InChI is InChI=1S/C13H18F2N2/c1-17-3-2-10(9-17)7-16-8-11-4-12(14)6-13(15)5-11/h4-6,10,16H,2-3,7-9H2,1H3. The molecule has 0 amide bonds. The van der Waals surface area contributed by atoms with Gasteiger partial charge < -0.3 is 10.2 Å². The summed E-state index contributed by atoms with van der Waals surface area (Å²) in [5.41, 5.74) is 0.661. The van der Waals surface area contributed by atoms with Crippen LogP contribution in [0.15, 0.2) is 18.2 Å². The second kappa shape index (κ2) is 5.56. The van der Waals surface area contributed by atoms with Crippen LogP contribution in [0.2, 0.25) is 0 Å². The van der Waals surface area contributed by atoms with Gasteiger partial charge in [0, 0.05) is 19.2 Å². The van der Waals surface area contributed by atoms with Crippen LogP contribution in [-0.4, -0.2) is 31.6 Å². The van der Waals surface area contributed by atoms with Crippen molar-refractivity contribution in [2.45, 2.75) is 13.0 Å². The van der Waals surface area contributed by atoms with E-state index in [-0.39, 0.29) is 0 Å². The molecule has 0 bridgehead atoms. The summed E-state index contributed by atoms with van der Waals surface area (Å²) in [4.78, 5) is 2.30. The number of rotatable bonds is 4. The number of likely N-dealkylation sites (tertiary alicyclic amines) is 1. The number of benzene rings is 1. The van der Waals surface area contributed by atoms with Gasteiger partial charge in [-0.2, -0.15) is 0 Å². The summed E-state index contributed by atoms with van der Waals surface area (Å²) in [5, 5.41) is 3.26. The highest BCUT2D eigenvalue weighted by molar-refractivity contribution is 5.17. The fourth-order valence-corrected chi connectivity index (χ4v) is 2.33. The van der Waals surface area contributed by atoms with E-state index in [9.17, 15) is 8.78 Å². The quantitative estimate of drug-likeness (QED) is 0.866. The Morgan fingerprint density at radius 3 is 2.59 bits per heavy atom. The molecule has 17 heavy (non-hydrogen) atoms. The molecule has 2 rings (SSSR count). The Labute approximate surface area is 101 Å². The predicted octanol–water partition coefficient (Wildman–Crippen LogP) is 2.01. The van der Waals surface area contributed by atoms with Gasteiger partial charge in [0.05, 0.1) is 0 Å². The average molecular weight is 240 g/mol. The molecule has 1 atom stereocenters. The number of nitrogens with one attached hydrogen (secondary N) is 1. The maximum absolute atomic E-state index is 12.9. The fourth-order valence-electron chi connectivity index (χ4n) is 2.33. The van der Waals surface area contributed by atoms with Crippen LogP contribution in [0.4, 0.5) is 8.78 Å². The Morgan fingerprint density at radius 2 is 2.00 bits per heavy atom. The Balaban J connectivity index is 1.78. The third-order valence-corrected chi connectivity index (χ3v) is 3.17. The van der Waals surface area contributed by atoms with Gasteiger partial charge in [-0.05, 0) is 50.2 Å². The lowest BCUT2D eigenvalue weighted by Crippen LogP contribution is -2.24. The molecule has 1 N–H and O–H groups in total. The molecule has 1 heterocycles. The molecule has 2 nitrogen and oxygen atoms in total. The van der Waals surface area contributed by atoms with E-state index in [2.05, 4.69) is 17.3 Å². The highest BCUT2D eigenvalue weighted by Crippen LogP contribution is 2.13. The molecule has 1 aromatic rings. The first-order valence-electron chi connectivity index (χ1n) is 5.98. The van der Waals surface area contributed by atoms with Crippen LogP contribution in [0, 0.1) is 17.6 Å². The number of hydrogen-bond acceptors (Lipinski definition) is 2. The van der Waals surface area contributed by atoms with Crippen molar-refractivity contribution >= 4 is 0 Å². The first-order chi connectivity index (χ1) is 8.13. The highest BCUT2D eigenvalue weighted by Gasteiger charge is 2.18. The number of halogens is 2. The SMILES string of the molecule is CN1CCC(CNCc2cc(F)cc(F)c2)C1. The van der Waals surface area contributed by atoms with Gasteiger partial charge in [-0.3, -0.25) is 0 Å². The van der Waals surface area contributed by atoms with Crippen LogP contribution < -0.4 is 5.32 Å². The minimum Gasteiger partial charge on any atom is -0.312 e. The summed E-state index contributed by atoms with van der Waals surface area (Å²) >= 11 is 0. The third kappa shape index (κ3) is 3.75. The second-order valence-electron chi connectivity index (χ2n) is 4.83. The van der Waals surface area contributed by atoms with E-state index in [1.165, 1.54) is 18.6 Å². The van der Waals surface area contributed by atoms with E-state index in [0.29, 0.717) is 18.0 Å². The first kappa shape index (κ1) is 12.5. The lowest BCUT2D eigenvalue weighted by atomic mass is 10.1. The normalized spacial score (nSPS) is 21.0. The van der Waals surface area contributed by atoms with Gasteiger partial charge in [0.1, 0.15) is 11.6 Å². The van der Waals surface area contributed by atoms with E-state index in [1.807, 2.05) is 0 Å². The van der Waals surface area contributed by atoms with E-state index in [4.69, 9.17) is 0 Å². The molecule has 0 radical (unpaired) electrons. The van der Waals surface area contributed by atoms with E-state index < -0.39 is 11.6 Å². The van der Waals surface area contributed by atoms with Crippen molar-refractivity contribution in [3.05, 3.63) is 35.4 Å². The molecule has 1 aromatic carbocycles. The molecule has 1 aliphatic heterocycles. The van der Waals surface area contributed by atoms with E-state index in [0.717, 1.165) is 25.7 Å². The van der Waals surface area contributed by atoms with Gasteiger partial charge in [-0.1, -0.05) is 0 Å². The summed E-state index contributed by atoms with van der Waals surface area (Å²) < 4.78 is 25.9. The molecule has 1 saturated heterocycles. The summed E-state index contributed by atoms with van der Waals surface area (Å²) in [6.45, 7) is 3.67. The Kier molecular flexibility index (Phi) is 4.07.